The molecule has 0 saturated heterocycles. The van der Waals surface area contributed by atoms with E-state index in [2.05, 4.69) is 13.8 Å². The monoisotopic (exact) mass is 254 g/mol. The highest BCUT2D eigenvalue weighted by Gasteiger charge is 2.46. The van der Waals surface area contributed by atoms with E-state index in [-0.39, 0.29) is 31.0 Å². The minimum Gasteiger partial charge on any atom is -0.463 e. The Balaban J connectivity index is 2.91. The van der Waals surface area contributed by atoms with Crippen LogP contribution in [-0.2, 0) is 14.3 Å². The lowest BCUT2D eigenvalue weighted by Crippen LogP contribution is -2.41. The van der Waals surface area contributed by atoms with E-state index >= 15 is 0 Å². The summed E-state index contributed by atoms with van der Waals surface area (Å²) in [6.45, 7) is 5.91. The number of ether oxygens (including phenoxy) is 1. The molecule has 1 aliphatic rings. The third-order valence-corrected chi connectivity index (χ3v) is 4.24. The molecule has 0 aliphatic heterocycles. The Morgan fingerprint density at radius 1 is 1.50 bits per heavy atom. The van der Waals surface area contributed by atoms with E-state index in [1.165, 1.54) is 0 Å². The molecular weight excluding hydrogens is 232 g/mol. The minimum absolute atomic E-state index is 0.00940. The molecule has 4 nitrogen and oxygen atoms in total. The summed E-state index contributed by atoms with van der Waals surface area (Å²) >= 11 is 0. The van der Waals surface area contributed by atoms with Crippen LogP contribution in [0.5, 0.6) is 0 Å². The number of aliphatic hydroxyl groups is 1. The Bertz CT molecular complexity index is 357. The number of esters is 1. The van der Waals surface area contributed by atoms with Gasteiger partial charge in [0, 0.05) is 5.41 Å². The van der Waals surface area contributed by atoms with Gasteiger partial charge in [-0.15, -0.1) is 0 Å². The summed E-state index contributed by atoms with van der Waals surface area (Å²) in [7, 11) is 0. The van der Waals surface area contributed by atoms with Crippen LogP contribution < -0.4 is 0 Å². The zero-order chi connectivity index (χ0) is 13.8. The smallest absolute Gasteiger partial charge is 0.306 e. The van der Waals surface area contributed by atoms with Gasteiger partial charge >= 0.3 is 5.97 Å². The van der Waals surface area contributed by atoms with Crippen LogP contribution in [0.1, 0.15) is 40.0 Å². The molecule has 1 aliphatic carbocycles. The fourth-order valence-corrected chi connectivity index (χ4v) is 2.50. The molecule has 1 rings (SSSR count). The molecule has 0 spiro atoms. The molecule has 18 heavy (non-hydrogen) atoms. The van der Waals surface area contributed by atoms with Crippen molar-refractivity contribution in [2.75, 3.05) is 13.2 Å². The molecule has 0 radical (unpaired) electrons. The Kier molecular flexibility index (Phi) is 4.68. The highest BCUT2D eigenvalue weighted by atomic mass is 16.5. The Hall–Kier alpha value is -1.16. The predicted molar refractivity (Wildman–Crippen MR) is 67.9 cm³/mol. The van der Waals surface area contributed by atoms with Crippen molar-refractivity contribution in [2.45, 2.75) is 40.0 Å². The average molecular weight is 254 g/mol. The summed E-state index contributed by atoms with van der Waals surface area (Å²) in [5.41, 5.74) is 0.0511. The zero-order valence-electron chi connectivity index (χ0n) is 11.4. The molecule has 0 aromatic rings. The topological polar surface area (TPSA) is 63.6 Å². The standard InChI is InChI=1S/C14H22O4/c1-13(2)6-4-5-11(10-16)14(13,3)9-12(17)18-8-7-15/h5,10,15H,4,6-9H2,1-3H3/t14-/m1/s1. The molecule has 1 atom stereocenters. The maximum Gasteiger partial charge on any atom is 0.306 e. The molecule has 0 saturated carbocycles. The van der Waals surface area contributed by atoms with Gasteiger partial charge in [0.15, 0.2) is 0 Å². The van der Waals surface area contributed by atoms with Crippen molar-refractivity contribution in [1.29, 1.82) is 0 Å². The van der Waals surface area contributed by atoms with Gasteiger partial charge in [-0.25, -0.2) is 0 Å². The maximum absolute atomic E-state index is 11.7. The van der Waals surface area contributed by atoms with Crippen LogP contribution in [0, 0.1) is 10.8 Å². The molecule has 0 heterocycles. The summed E-state index contributed by atoms with van der Waals surface area (Å²) in [6.07, 6.45) is 4.73. The minimum atomic E-state index is -0.500. The van der Waals surface area contributed by atoms with E-state index in [0.29, 0.717) is 5.57 Å². The predicted octanol–water partition coefficient (Wildman–Crippen LogP) is 1.86. The Morgan fingerprint density at radius 3 is 2.72 bits per heavy atom. The summed E-state index contributed by atoms with van der Waals surface area (Å²) in [6, 6.07) is 0. The summed E-state index contributed by atoms with van der Waals surface area (Å²) in [4.78, 5) is 22.9. The highest BCUT2D eigenvalue weighted by Crippen LogP contribution is 2.52. The number of allylic oxidation sites excluding steroid dienone is 2. The van der Waals surface area contributed by atoms with Crippen molar-refractivity contribution in [2.24, 2.45) is 10.8 Å². The molecule has 102 valence electrons. The second kappa shape index (κ2) is 5.65. The van der Waals surface area contributed by atoms with E-state index in [4.69, 9.17) is 9.84 Å². The Labute approximate surface area is 108 Å². The van der Waals surface area contributed by atoms with E-state index < -0.39 is 5.41 Å². The average Bonchev–Trinajstić information content (AvgIpc) is 2.30. The van der Waals surface area contributed by atoms with Crippen LogP contribution in [-0.4, -0.2) is 30.6 Å². The number of rotatable bonds is 5. The molecule has 0 bridgehead atoms. The molecule has 0 amide bonds. The van der Waals surface area contributed by atoms with Gasteiger partial charge in [-0.05, 0) is 23.8 Å². The number of hydrogen-bond acceptors (Lipinski definition) is 4. The Morgan fingerprint density at radius 2 is 2.17 bits per heavy atom. The quantitative estimate of drug-likeness (QED) is 0.601. The van der Waals surface area contributed by atoms with Gasteiger partial charge in [0.25, 0.3) is 0 Å². The fraction of sp³-hybridized carbons (Fsp3) is 0.714. The molecule has 4 heteroatoms. The molecule has 1 N–H and O–H groups in total. The number of carbonyl (C=O) groups is 2. The highest BCUT2D eigenvalue weighted by molar-refractivity contribution is 5.80. The van der Waals surface area contributed by atoms with E-state index in [9.17, 15) is 9.59 Å². The number of carbonyl (C=O) groups excluding carboxylic acids is 2. The SMILES string of the molecule is CC1(C)CCC=C(C=O)[C@@]1(C)CC(=O)OCCO. The molecule has 0 aromatic heterocycles. The van der Waals surface area contributed by atoms with E-state index in [1.54, 1.807) is 0 Å². The number of hydrogen-bond donors (Lipinski definition) is 1. The largest absolute Gasteiger partial charge is 0.463 e. The molecule has 0 fully saturated rings. The first-order valence-electron chi connectivity index (χ1n) is 6.30. The normalized spacial score (nSPS) is 26.3. The first-order chi connectivity index (χ1) is 8.37. The fourth-order valence-electron chi connectivity index (χ4n) is 2.50. The second-order valence-corrected chi connectivity index (χ2v) is 5.65. The summed E-state index contributed by atoms with van der Waals surface area (Å²) in [5.74, 6) is -0.366. The third kappa shape index (κ3) is 2.80. The molecule has 0 unspecified atom stereocenters. The summed E-state index contributed by atoms with van der Waals surface area (Å²) < 4.78 is 4.91. The summed E-state index contributed by atoms with van der Waals surface area (Å²) in [5, 5.41) is 8.64. The van der Waals surface area contributed by atoms with Gasteiger partial charge in [0.05, 0.1) is 13.0 Å². The van der Waals surface area contributed by atoms with Crippen LogP contribution in [0.2, 0.25) is 0 Å². The molecular formula is C14H22O4. The van der Waals surface area contributed by atoms with E-state index in [1.807, 2.05) is 13.0 Å². The van der Waals surface area contributed by atoms with Gasteiger partial charge in [-0.3, -0.25) is 9.59 Å². The van der Waals surface area contributed by atoms with Crippen molar-refractivity contribution >= 4 is 12.3 Å². The van der Waals surface area contributed by atoms with Gasteiger partial charge in [-0.1, -0.05) is 26.8 Å². The first kappa shape index (κ1) is 14.9. The zero-order valence-corrected chi connectivity index (χ0v) is 11.4. The van der Waals surface area contributed by atoms with Crippen molar-refractivity contribution in [3.8, 4) is 0 Å². The van der Waals surface area contributed by atoms with Crippen LogP contribution in [0.3, 0.4) is 0 Å². The van der Waals surface area contributed by atoms with Crippen LogP contribution in [0.4, 0.5) is 0 Å². The third-order valence-electron chi connectivity index (χ3n) is 4.24. The van der Waals surface area contributed by atoms with Gasteiger partial charge in [0.2, 0.25) is 0 Å². The van der Waals surface area contributed by atoms with Crippen LogP contribution in [0.15, 0.2) is 11.6 Å². The number of aldehydes is 1. The van der Waals surface area contributed by atoms with Crippen molar-refractivity contribution in [3.63, 3.8) is 0 Å². The van der Waals surface area contributed by atoms with Crippen molar-refractivity contribution in [1.82, 2.24) is 0 Å². The molecule has 0 aromatic carbocycles. The maximum atomic E-state index is 11.7. The van der Waals surface area contributed by atoms with Gasteiger partial charge < -0.3 is 9.84 Å². The lowest BCUT2D eigenvalue weighted by atomic mass is 9.57. The lowest BCUT2D eigenvalue weighted by Gasteiger charge is -2.47. The van der Waals surface area contributed by atoms with Crippen LogP contribution >= 0.6 is 0 Å². The van der Waals surface area contributed by atoms with Crippen molar-refractivity contribution in [3.05, 3.63) is 11.6 Å². The van der Waals surface area contributed by atoms with Gasteiger partial charge in [-0.2, -0.15) is 0 Å². The van der Waals surface area contributed by atoms with Crippen LogP contribution in [0.25, 0.3) is 0 Å². The lowest BCUT2D eigenvalue weighted by molar-refractivity contribution is -0.148. The second-order valence-electron chi connectivity index (χ2n) is 5.65. The van der Waals surface area contributed by atoms with Gasteiger partial charge in [0.1, 0.15) is 12.9 Å². The van der Waals surface area contributed by atoms with E-state index in [0.717, 1.165) is 19.1 Å². The van der Waals surface area contributed by atoms with Crippen molar-refractivity contribution < 1.29 is 19.4 Å². The number of aliphatic hydroxyl groups excluding tert-OH is 1. The first-order valence-corrected chi connectivity index (χ1v) is 6.30.